The van der Waals surface area contributed by atoms with Crippen molar-refractivity contribution in [3.8, 4) is 12.1 Å². The Hall–Kier alpha value is -4.23. The molecule has 1 aromatic heterocycles. The van der Waals surface area contributed by atoms with Gasteiger partial charge in [-0.25, -0.2) is 4.57 Å². The molecule has 0 amide bonds. The topological polar surface area (TPSA) is 167 Å². The van der Waals surface area contributed by atoms with Gasteiger partial charge in [0, 0.05) is 36.6 Å². The summed E-state index contributed by atoms with van der Waals surface area (Å²) in [5.41, 5.74) is 0.213. The first-order chi connectivity index (χ1) is 16.3. The third-order valence-electron chi connectivity index (χ3n) is 5.18. The maximum absolute atomic E-state index is 12.9. The molecule has 35 heavy (non-hydrogen) atoms. The van der Waals surface area contributed by atoms with Crippen molar-refractivity contribution < 1.29 is 58.2 Å². The number of hydrogen-bond acceptors (Lipinski definition) is 7. The van der Waals surface area contributed by atoms with Gasteiger partial charge in [0.15, 0.2) is 18.9 Å². The number of aryl methyl sites for hydroxylation is 1. The molecule has 1 aliphatic carbocycles. The minimum atomic E-state index is -0.947. The molecule has 2 aliphatic rings. The maximum Gasteiger partial charge on any atom is 0.309 e. The first kappa shape index (κ1) is 27.0. The van der Waals surface area contributed by atoms with Gasteiger partial charge in [0.2, 0.25) is 5.78 Å². The van der Waals surface area contributed by atoms with Crippen LogP contribution < -0.4 is 28.5 Å². The minimum Gasteiger partial charge on any atom is -1.00 e. The Kier molecular flexibility index (Phi) is 9.08. The van der Waals surface area contributed by atoms with Gasteiger partial charge in [-0.05, 0) is 17.7 Å². The lowest BCUT2D eigenvalue weighted by Crippen LogP contribution is -3.00. The highest BCUT2D eigenvalue weighted by molar-refractivity contribution is 6.27. The second-order valence-corrected chi connectivity index (χ2v) is 7.34. The van der Waals surface area contributed by atoms with Crippen molar-refractivity contribution in [3.05, 3.63) is 82.7 Å². The number of carboxylic acid groups (broad SMARTS) is 2. The number of hydrogen-bond donors (Lipinski definition) is 3. The number of aliphatic hydroxyl groups is 1. The molecule has 11 heteroatoms. The van der Waals surface area contributed by atoms with E-state index in [4.69, 9.17) is 10.2 Å². The molecule has 3 N–H and O–H groups in total. The van der Waals surface area contributed by atoms with Crippen LogP contribution in [-0.4, -0.2) is 44.5 Å². The number of nitrogens with zero attached hydrogens (tertiary/aromatic N) is 4. The van der Waals surface area contributed by atoms with Crippen molar-refractivity contribution in [2.45, 2.75) is 19.4 Å². The fraction of sp³-hybridized carbons (Fsp3) is 0.167. The Morgan fingerprint density at radius 3 is 2.03 bits per heavy atom. The number of aliphatic hydroxyl groups excluding tert-OH is 1. The Morgan fingerprint density at radius 2 is 1.54 bits per heavy atom. The predicted molar refractivity (Wildman–Crippen MR) is 116 cm³/mol. The SMILES string of the molecule is N#CC(=C1C=CN(CCC(=O)O)C=C1)C1=C(O)/C(=C(/C#N)c2cc[n+](CCC(=O)O)cc2)C1=O.[I-]. The number of nitriles is 2. The van der Waals surface area contributed by atoms with Crippen molar-refractivity contribution in [1.82, 2.24) is 4.90 Å². The van der Waals surface area contributed by atoms with Gasteiger partial charge in [0.05, 0.1) is 28.7 Å². The van der Waals surface area contributed by atoms with E-state index in [-0.39, 0.29) is 72.2 Å². The average Bonchev–Trinajstić information content (AvgIpc) is 2.83. The van der Waals surface area contributed by atoms with E-state index in [0.717, 1.165) is 0 Å². The second kappa shape index (κ2) is 11.8. The quantitative estimate of drug-likeness (QED) is 0.146. The zero-order valence-electron chi connectivity index (χ0n) is 18.2. The van der Waals surface area contributed by atoms with Crippen LogP contribution in [0.3, 0.4) is 0 Å². The summed E-state index contributed by atoms with van der Waals surface area (Å²) in [5, 5.41) is 47.4. The maximum atomic E-state index is 12.9. The first-order valence-electron chi connectivity index (χ1n) is 10.1. The smallest absolute Gasteiger partial charge is 0.309 e. The summed E-state index contributed by atoms with van der Waals surface area (Å²) in [6.45, 7) is 0.465. The number of ketones is 1. The van der Waals surface area contributed by atoms with Crippen LogP contribution in [0.15, 0.2) is 77.1 Å². The number of allylic oxidation sites excluding steroid dienone is 7. The van der Waals surface area contributed by atoms with E-state index in [1.54, 1.807) is 34.3 Å². The fourth-order valence-electron chi connectivity index (χ4n) is 3.39. The van der Waals surface area contributed by atoms with E-state index >= 15 is 0 Å². The van der Waals surface area contributed by atoms with E-state index in [1.165, 1.54) is 24.3 Å². The Morgan fingerprint density at radius 1 is 0.971 bits per heavy atom. The van der Waals surface area contributed by atoms with Crippen LogP contribution in [-0.2, 0) is 20.9 Å². The number of carbonyl (C=O) groups excluding carboxylic acids is 1. The number of aliphatic carboxylic acids is 2. The molecule has 0 unspecified atom stereocenters. The van der Waals surface area contributed by atoms with E-state index in [9.17, 15) is 30.0 Å². The van der Waals surface area contributed by atoms with Gasteiger partial charge in [-0.15, -0.1) is 0 Å². The molecule has 0 atom stereocenters. The highest BCUT2D eigenvalue weighted by atomic mass is 127. The van der Waals surface area contributed by atoms with Crippen LogP contribution in [0.25, 0.3) is 5.57 Å². The van der Waals surface area contributed by atoms with Crippen LogP contribution in [0.5, 0.6) is 0 Å². The molecule has 0 bridgehead atoms. The molecule has 178 valence electrons. The third-order valence-corrected chi connectivity index (χ3v) is 5.18. The van der Waals surface area contributed by atoms with Gasteiger partial charge < -0.3 is 44.2 Å². The van der Waals surface area contributed by atoms with Gasteiger partial charge in [-0.2, -0.15) is 10.5 Å². The van der Waals surface area contributed by atoms with Crippen LogP contribution in [0, 0.1) is 22.7 Å². The van der Waals surface area contributed by atoms with Crippen LogP contribution in [0.2, 0.25) is 0 Å². The molecule has 10 nitrogen and oxygen atoms in total. The third kappa shape index (κ3) is 6.02. The molecule has 0 aromatic carbocycles. The van der Waals surface area contributed by atoms with E-state index in [1.807, 2.05) is 12.1 Å². The van der Waals surface area contributed by atoms with Crippen LogP contribution >= 0.6 is 0 Å². The summed E-state index contributed by atoms with van der Waals surface area (Å²) in [4.78, 5) is 35.9. The van der Waals surface area contributed by atoms with Gasteiger partial charge in [0.25, 0.3) is 0 Å². The van der Waals surface area contributed by atoms with Gasteiger partial charge in [-0.1, -0.05) is 0 Å². The zero-order valence-corrected chi connectivity index (χ0v) is 20.3. The van der Waals surface area contributed by atoms with Crippen LogP contribution in [0.1, 0.15) is 18.4 Å². The number of pyridine rings is 1. The van der Waals surface area contributed by atoms with E-state index in [2.05, 4.69) is 0 Å². The summed E-state index contributed by atoms with van der Waals surface area (Å²) in [7, 11) is 0. The lowest BCUT2D eigenvalue weighted by atomic mass is 9.78. The normalized spacial score (nSPS) is 15.5. The molecule has 0 saturated heterocycles. The van der Waals surface area contributed by atoms with Crippen LogP contribution in [0.4, 0.5) is 0 Å². The summed E-state index contributed by atoms with van der Waals surface area (Å²) >= 11 is 0. The lowest BCUT2D eigenvalue weighted by molar-refractivity contribution is -0.696. The molecule has 0 fully saturated rings. The summed E-state index contributed by atoms with van der Waals surface area (Å²) in [5.74, 6) is -2.99. The molecular weight excluding hydrogens is 567 g/mol. The van der Waals surface area contributed by atoms with Gasteiger partial charge in [-0.3, -0.25) is 14.4 Å². The monoisotopic (exact) mass is 586 g/mol. The molecule has 1 aliphatic heterocycles. The molecule has 0 radical (unpaired) electrons. The number of carboxylic acids is 2. The van der Waals surface area contributed by atoms with Crippen molar-refractivity contribution in [2.24, 2.45) is 0 Å². The largest absolute Gasteiger partial charge is 1.00 e. The molecule has 2 heterocycles. The average molecular weight is 586 g/mol. The highest BCUT2D eigenvalue weighted by Crippen LogP contribution is 2.39. The van der Waals surface area contributed by atoms with Crippen molar-refractivity contribution >= 4 is 23.3 Å². The van der Waals surface area contributed by atoms with Crippen molar-refractivity contribution in [1.29, 1.82) is 10.5 Å². The predicted octanol–water partition coefficient (Wildman–Crippen LogP) is -1.24. The molecule has 0 spiro atoms. The van der Waals surface area contributed by atoms with E-state index in [0.29, 0.717) is 11.1 Å². The summed E-state index contributed by atoms with van der Waals surface area (Å²) in [6.07, 6.45) is 9.19. The van der Waals surface area contributed by atoms with Crippen molar-refractivity contribution in [3.63, 3.8) is 0 Å². The molecular formula is C24H19IN4O6. The number of halogens is 1. The lowest BCUT2D eigenvalue weighted by Gasteiger charge is -2.24. The summed E-state index contributed by atoms with van der Waals surface area (Å²) in [6, 6.07) is 6.90. The first-order valence-corrected chi connectivity index (χ1v) is 10.1. The fourth-order valence-corrected chi connectivity index (χ4v) is 3.39. The Balaban J connectivity index is 0.00000432. The summed E-state index contributed by atoms with van der Waals surface area (Å²) < 4.78 is 1.61. The van der Waals surface area contributed by atoms with Gasteiger partial charge in [0.1, 0.15) is 24.3 Å². The standard InChI is InChI=1S/C24H18N4O6.HI/c25-13-17(15-1-7-27(8-2-15)11-5-19(29)30)21-23(33)22(24(21)34)18(14-26)16-3-9-28(10-4-16)12-6-20(31)32;/h1-4,7-10H,5-6,11-12H2,(H2-,29,30,31,32,33,34);1H. The Bertz CT molecular complexity index is 1290. The highest BCUT2D eigenvalue weighted by Gasteiger charge is 2.40. The number of carbonyl (C=O) groups is 3. The number of Topliss-reactive ketones (excluding diaryl/α,β-unsaturated/α-hetero) is 1. The Labute approximate surface area is 217 Å². The van der Waals surface area contributed by atoms with Gasteiger partial charge >= 0.3 is 11.9 Å². The minimum absolute atomic E-state index is 0. The van der Waals surface area contributed by atoms with E-state index < -0.39 is 23.5 Å². The molecule has 3 rings (SSSR count). The number of aromatic nitrogens is 1. The molecule has 0 saturated carbocycles. The number of rotatable bonds is 8. The zero-order chi connectivity index (χ0) is 24.8. The second-order valence-electron chi connectivity index (χ2n) is 7.34. The van der Waals surface area contributed by atoms with Crippen molar-refractivity contribution in [2.75, 3.05) is 6.54 Å². The molecule has 1 aromatic rings.